The zero-order valence-electron chi connectivity index (χ0n) is 18.3. The van der Waals surface area contributed by atoms with Crippen LogP contribution in [0.25, 0.3) is 0 Å². The number of benzene rings is 2. The summed E-state index contributed by atoms with van der Waals surface area (Å²) in [7, 11) is 4.03. The van der Waals surface area contributed by atoms with E-state index in [0.717, 1.165) is 24.2 Å². The molecule has 0 saturated carbocycles. The molecule has 0 fully saturated rings. The Morgan fingerprint density at radius 3 is 2.23 bits per heavy atom. The fraction of sp³-hybridized carbons (Fsp3) is 0.417. The van der Waals surface area contributed by atoms with Crippen LogP contribution in [0.2, 0.25) is 0 Å². The van der Waals surface area contributed by atoms with Crippen LogP contribution in [0.4, 0.5) is 11.4 Å². The van der Waals surface area contributed by atoms with Gasteiger partial charge in [0.2, 0.25) is 0 Å². The van der Waals surface area contributed by atoms with Crippen molar-refractivity contribution in [3.05, 3.63) is 59.7 Å². The van der Waals surface area contributed by atoms with Crippen LogP contribution in [-0.4, -0.2) is 45.5 Å². The van der Waals surface area contributed by atoms with Crippen molar-refractivity contribution in [1.29, 1.82) is 0 Å². The minimum absolute atomic E-state index is 0.0493. The largest absolute Gasteiger partial charge is 0.378 e. The molecular formula is C24H32N4O2. The molecular weight excluding hydrogens is 376 g/mol. The number of nitrogens with zero attached hydrogens (tertiary/aromatic N) is 2. The van der Waals surface area contributed by atoms with Gasteiger partial charge in [-0.2, -0.15) is 0 Å². The van der Waals surface area contributed by atoms with E-state index in [1.54, 1.807) is 0 Å². The predicted molar refractivity (Wildman–Crippen MR) is 122 cm³/mol. The predicted octanol–water partition coefficient (Wildman–Crippen LogP) is 2.74. The summed E-state index contributed by atoms with van der Waals surface area (Å²) >= 11 is 0. The summed E-state index contributed by atoms with van der Waals surface area (Å²) in [5.41, 5.74) is 4.74. The van der Waals surface area contributed by atoms with Crippen LogP contribution in [-0.2, 0) is 16.0 Å². The van der Waals surface area contributed by atoms with Crippen molar-refractivity contribution in [2.45, 2.75) is 26.3 Å². The zero-order chi connectivity index (χ0) is 21.7. The lowest BCUT2D eigenvalue weighted by Crippen LogP contribution is -2.44. The molecule has 1 unspecified atom stereocenters. The molecule has 2 amide bonds. The summed E-state index contributed by atoms with van der Waals surface area (Å²) in [5, 5.41) is 5.53. The maximum absolute atomic E-state index is 12.3. The Hall–Kier alpha value is -3.02. The second-order valence-corrected chi connectivity index (χ2v) is 8.39. The Bertz CT molecular complexity index is 877. The quantitative estimate of drug-likeness (QED) is 0.692. The molecule has 0 spiro atoms. The minimum Gasteiger partial charge on any atom is -0.378 e. The zero-order valence-corrected chi connectivity index (χ0v) is 18.3. The highest BCUT2D eigenvalue weighted by Gasteiger charge is 2.28. The molecule has 30 heavy (non-hydrogen) atoms. The first-order chi connectivity index (χ1) is 14.4. The summed E-state index contributed by atoms with van der Waals surface area (Å²) in [5.74, 6) is -0.865. The van der Waals surface area contributed by atoms with Crippen molar-refractivity contribution in [2.75, 3.05) is 43.5 Å². The molecule has 0 bridgehead atoms. The van der Waals surface area contributed by atoms with Crippen molar-refractivity contribution in [2.24, 2.45) is 5.92 Å². The number of hydrogen-bond acceptors (Lipinski definition) is 4. The molecule has 2 aromatic carbocycles. The van der Waals surface area contributed by atoms with E-state index in [1.165, 1.54) is 11.3 Å². The van der Waals surface area contributed by atoms with Gasteiger partial charge in [0.1, 0.15) is 0 Å². The van der Waals surface area contributed by atoms with Crippen LogP contribution in [0.15, 0.2) is 48.5 Å². The third-order valence-electron chi connectivity index (χ3n) is 5.43. The second kappa shape index (κ2) is 9.65. The summed E-state index contributed by atoms with van der Waals surface area (Å²) in [4.78, 5) is 28.8. The lowest BCUT2D eigenvalue weighted by molar-refractivity contribution is -0.139. The van der Waals surface area contributed by atoms with Gasteiger partial charge in [0, 0.05) is 45.1 Å². The van der Waals surface area contributed by atoms with Crippen LogP contribution >= 0.6 is 0 Å². The third-order valence-corrected chi connectivity index (χ3v) is 5.43. The smallest absolute Gasteiger partial charge is 0.309 e. The van der Waals surface area contributed by atoms with E-state index in [2.05, 4.69) is 62.9 Å². The van der Waals surface area contributed by atoms with Crippen molar-refractivity contribution in [3.8, 4) is 0 Å². The average molecular weight is 409 g/mol. The third kappa shape index (κ3) is 5.12. The van der Waals surface area contributed by atoms with Crippen molar-refractivity contribution in [1.82, 2.24) is 10.6 Å². The fourth-order valence-electron chi connectivity index (χ4n) is 3.74. The highest BCUT2D eigenvalue weighted by molar-refractivity contribution is 6.35. The Balaban J connectivity index is 1.78. The van der Waals surface area contributed by atoms with E-state index in [-0.39, 0.29) is 6.04 Å². The van der Waals surface area contributed by atoms with Gasteiger partial charge in [-0.15, -0.1) is 0 Å². The molecule has 1 aliphatic rings. The first kappa shape index (κ1) is 21.7. The van der Waals surface area contributed by atoms with Crippen molar-refractivity contribution in [3.63, 3.8) is 0 Å². The lowest BCUT2D eigenvalue weighted by atomic mass is 10.0. The number of anilines is 2. The van der Waals surface area contributed by atoms with Crippen LogP contribution < -0.4 is 20.4 Å². The first-order valence-electron chi connectivity index (χ1n) is 10.5. The molecule has 0 radical (unpaired) electrons. The molecule has 0 aromatic heterocycles. The van der Waals surface area contributed by atoms with Gasteiger partial charge < -0.3 is 20.4 Å². The maximum Gasteiger partial charge on any atom is 0.309 e. The van der Waals surface area contributed by atoms with E-state index < -0.39 is 11.8 Å². The van der Waals surface area contributed by atoms with E-state index >= 15 is 0 Å². The molecule has 2 N–H and O–H groups in total. The standard InChI is InChI=1S/C24H32N4O2/c1-17(2)15-25-23(29)24(30)26-16-22(19-9-11-20(12-10-19)27(3)4)28-14-13-18-7-5-6-8-21(18)28/h5-12,17,22H,13-16H2,1-4H3,(H,25,29)(H,26,30). The highest BCUT2D eigenvalue weighted by atomic mass is 16.2. The molecule has 0 aliphatic carbocycles. The van der Waals surface area contributed by atoms with E-state index in [1.807, 2.05) is 34.0 Å². The van der Waals surface area contributed by atoms with Gasteiger partial charge in [0.05, 0.1) is 6.04 Å². The number of nitrogens with one attached hydrogen (secondary N) is 2. The van der Waals surface area contributed by atoms with Gasteiger partial charge in [-0.05, 0) is 41.7 Å². The molecule has 6 nitrogen and oxygen atoms in total. The molecule has 3 rings (SSSR count). The number of carbonyl (C=O) groups excluding carboxylic acids is 2. The summed E-state index contributed by atoms with van der Waals surface area (Å²) < 4.78 is 0. The topological polar surface area (TPSA) is 64.7 Å². The van der Waals surface area contributed by atoms with Gasteiger partial charge in [-0.3, -0.25) is 9.59 Å². The first-order valence-corrected chi connectivity index (χ1v) is 10.5. The van der Waals surface area contributed by atoms with Gasteiger partial charge >= 0.3 is 11.8 Å². The molecule has 2 aromatic rings. The van der Waals surface area contributed by atoms with E-state index in [9.17, 15) is 9.59 Å². The van der Waals surface area contributed by atoms with Crippen LogP contribution in [0.1, 0.15) is 31.0 Å². The summed E-state index contributed by atoms with van der Waals surface area (Å²) in [6.07, 6.45) is 0.977. The maximum atomic E-state index is 12.3. The van der Waals surface area contributed by atoms with Crippen molar-refractivity contribution < 1.29 is 9.59 Å². The molecule has 160 valence electrons. The fourth-order valence-corrected chi connectivity index (χ4v) is 3.74. The SMILES string of the molecule is CC(C)CNC(=O)C(=O)NCC(c1ccc(N(C)C)cc1)N1CCc2ccccc21. The number of amides is 2. The van der Waals surface area contributed by atoms with Gasteiger partial charge in [0.25, 0.3) is 0 Å². The number of carbonyl (C=O) groups is 2. The normalized spacial score (nSPS) is 13.7. The lowest BCUT2D eigenvalue weighted by Gasteiger charge is -2.31. The monoisotopic (exact) mass is 408 g/mol. The van der Waals surface area contributed by atoms with Crippen LogP contribution in [0.5, 0.6) is 0 Å². The minimum atomic E-state index is -0.585. The van der Waals surface area contributed by atoms with Crippen LogP contribution in [0.3, 0.4) is 0 Å². The molecule has 6 heteroatoms. The average Bonchev–Trinajstić information content (AvgIpc) is 3.16. The van der Waals surface area contributed by atoms with E-state index in [0.29, 0.717) is 19.0 Å². The van der Waals surface area contributed by atoms with Gasteiger partial charge in [-0.25, -0.2) is 0 Å². The Morgan fingerprint density at radius 1 is 0.967 bits per heavy atom. The Kier molecular flexibility index (Phi) is 6.98. The highest BCUT2D eigenvalue weighted by Crippen LogP contribution is 2.35. The molecule has 1 atom stereocenters. The second-order valence-electron chi connectivity index (χ2n) is 8.39. The summed E-state index contributed by atoms with van der Waals surface area (Å²) in [6, 6.07) is 16.7. The number of rotatable bonds is 7. The van der Waals surface area contributed by atoms with E-state index in [4.69, 9.17) is 0 Å². The Morgan fingerprint density at radius 2 is 1.60 bits per heavy atom. The number of fused-ring (bicyclic) bond motifs is 1. The number of para-hydroxylation sites is 1. The number of hydrogen-bond donors (Lipinski definition) is 2. The van der Waals surface area contributed by atoms with Gasteiger partial charge in [-0.1, -0.05) is 44.2 Å². The van der Waals surface area contributed by atoms with Crippen molar-refractivity contribution >= 4 is 23.2 Å². The Labute approximate surface area is 179 Å². The van der Waals surface area contributed by atoms with Crippen LogP contribution in [0, 0.1) is 5.92 Å². The molecule has 1 heterocycles. The summed E-state index contributed by atoms with van der Waals surface area (Å²) in [6.45, 7) is 5.73. The van der Waals surface area contributed by atoms with Gasteiger partial charge in [0.15, 0.2) is 0 Å². The molecule has 0 saturated heterocycles. The molecule has 1 aliphatic heterocycles.